The summed E-state index contributed by atoms with van der Waals surface area (Å²) >= 11 is 0. The van der Waals surface area contributed by atoms with Gasteiger partial charge in [0.05, 0.1) is 6.42 Å². The van der Waals surface area contributed by atoms with Crippen LogP contribution in [0.3, 0.4) is 0 Å². The summed E-state index contributed by atoms with van der Waals surface area (Å²) in [6, 6.07) is 14.4. The molecule has 2 aromatic rings. The molecule has 3 rings (SSSR count). The molecular formula is C29H38N4O5. The highest BCUT2D eigenvalue weighted by atomic mass is 16.6. The second-order valence-corrected chi connectivity index (χ2v) is 10.9. The zero-order valence-corrected chi connectivity index (χ0v) is 22.7. The fraction of sp³-hybridized carbons (Fsp3) is 0.448. The van der Waals surface area contributed by atoms with E-state index in [1.54, 1.807) is 26.8 Å². The van der Waals surface area contributed by atoms with Gasteiger partial charge in [0.25, 0.3) is 0 Å². The maximum Gasteiger partial charge on any atom is 0.408 e. The monoisotopic (exact) mass is 522 g/mol. The van der Waals surface area contributed by atoms with Gasteiger partial charge in [-0.05, 0) is 51.2 Å². The largest absolute Gasteiger partial charge is 0.444 e. The molecule has 0 heterocycles. The van der Waals surface area contributed by atoms with Crippen LogP contribution >= 0.6 is 0 Å². The minimum atomic E-state index is -1.29. The zero-order valence-electron chi connectivity index (χ0n) is 22.7. The van der Waals surface area contributed by atoms with Crippen LogP contribution < -0.4 is 16.4 Å². The molecule has 0 aromatic heterocycles. The smallest absolute Gasteiger partial charge is 0.408 e. The first-order valence-corrected chi connectivity index (χ1v) is 12.8. The number of alkyl carbamates (subject to hydrolysis) is 1. The molecule has 1 saturated carbocycles. The van der Waals surface area contributed by atoms with Gasteiger partial charge in [0.1, 0.15) is 17.7 Å². The molecule has 204 valence electrons. The van der Waals surface area contributed by atoms with E-state index in [1.807, 2.05) is 62.4 Å². The van der Waals surface area contributed by atoms with Crippen molar-refractivity contribution in [2.75, 3.05) is 0 Å². The number of ether oxygens (including phenoxy) is 1. The summed E-state index contributed by atoms with van der Waals surface area (Å²) < 4.78 is 5.32. The quantitative estimate of drug-likeness (QED) is 0.440. The average Bonchev–Trinajstić information content (AvgIpc) is 3.55. The lowest BCUT2D eigenvalue weighted by molar-refractivity contribution is -0.144. The van der Waals surface area contributed by atoms with E-state index in [4.69, 9.17) is 10.5 Å². The molecule has 0 bridgehead atoms. The Kier molecular flexibility index (Phi) is 9.14. The van der Waals surface area contributed by atoms with Gasteiger partial charge >= 0.3 is 6.09 Å². The van der Waals surface area contributed by atoms with E-state index in [0.717, 1.165) is 11.1 Å². The Labute approximate surface area is 224 Å². The lowest BCUT2D eigenvalue weighted by atomic mass is 9.99. The van der Waals surface area contributed by atoms with Crippen LogP contribution in [0.1, 0.15) is 63.3 Å². The molecule has 0 radical (unpaired) electrons. The topological polar surface area (TPSA) is 131 Å². The second kappa shape index (κ2) is 12.1. The van der Waals surface area contributed by atoms with E-state index < -0.39 is 42.0 Å². The van der Waals surface area contributed by atoms with Gasteiger partial charge in [0.2, 0.25) is 17.7 Å². The minimum Gasteiger partial charge on any atom is -0.444 e. The van der Waals surface area contributed by atoms with Gasteiger partial charge in [-0.3, -0.25) is 14.4 Å². The van der Waals surface area contributed by atoms with Gasteiger partial charge in [0, 0.05) is 12.6 Å². The van der Waals surface area contributed by atoms with Crippen molar-refractivity contribution >= 4 is 23.8 Å². The van der Waals surface area contributed by atoms with E-state index in [-0.39, 0.29) is 24.4 Å². The van der Waals surface area contributed by atoms with Crippen LogP contribution in [0.25, 0.3) is 0 Å². The van der Waals surface area contributed by atoms with Crippen molar-refractivity contribution < 1.29 is 23.9 Å². The number of hydrogen-bond donors (Lipinski definition) is 3. The summed E-state index contributed by atoms with van der Waals surface area (Å²) in [6.45, 7) is 9.27. The highest BCUT2D eigenvalue weighted by Crippen LogP contribution is 2.41. The van der Waals surface area contributed by atoms with E-state index in [9.17, 15) is 19.2 Å². The normalized spacial score (nSPS) is 18.0. The van der Waals surface area contributed by atoms with E-state index in [2.05, 4.69) is 10.6 Å². The number of amides is 4. The molecule has 4 amide bonds. The first kappa shape index (κ1) is 28.7. The highest BCUT2D eigenvalue weighted by Gasteiger charge is 2.48. The third-order valence-corrected chi connectivity index (χ3v) is 6.27. The molecule has 4 unspecified atom stereocenters. The maximum atomic E-state index is 14.1. The third-order valence-electron chi connectivity index (χ3n) is 6.27. The predicted octanol–water partition coefficient (Wildman–Crippen LogP) is 3.36. The van der Waals surface area contributed by atoms with Crippen LogP contribution in [0, 0.1) is 12.8 Å². The number of aryl methyl sites for hydroxylation is 1. The lowest BCUT2D eigenvalue weighted by Crippen LogP contribution is -2.55. The molecule has 1 aliphatic rings. The van der Waals surface area contributed by atoms with Crippen molar-refractivity contribution in [1.29, 1.82) is 0 Å². The Balaban J connectivity index is 1.97. The first-order chi connectivity index (χ1) is 17.9. The van der Waals surface area contributed by atoms with Crippen LogP contribution in [0.15, 0.2) is 54.6 Å². The number of nitrogens with one attached hydrogen (secondary N) is 2. The fourth-order valence-electron chi connectivity index (χ4n) is 4.36. The summed E-state index contributed by atoms with van der Waals surface area (Å²) in [6.07, 6.45) is -0.584. The van der Waals surface area contributed by atoms with E-state index in [1.165, 1.54) is 4.90 Å². The molecule has 4 N–H and O–H groups in total. The summed E-state index contributed by atoms with van der Waals surface area (Å²) in [5, 5.41) is 5.48. The highest BCUT2D eigenvalue weighted by molar-refractivity contribution is 5.95. The number of nitrogens with zero attached hydrogens (tertiary/aromatic N) is 1. The van der Waals surface area contributed by atoms with Crippen molar-refractivity contribution in [2.45, 2.75) is 77.7 Å². The van der Waals surface area contributed by atoms with Crippen LogP contribution in [0.2, 0.25) is 0 Å². The standard InChI is InChI=1S/C29H38N4O5/c1-18-10-9-13-21(14-18)25(26(35)31-17-20-11-7-6-8-12-20)33(23-15-19(23)2)27(36)22(16-24(30)34)32-28(37)38-29(3,4)5/h6-14,19,22-23,25H,15-17H2,1-5H3,(H2,30,34)(H,31,35)(H,32,37). The first-order valence-electron chi connectivity index (χ1n) is 12.8. The molecule has 38 heavy (non-hydrogen) atoms. The molecule has 4 atom stereocenters. The fourth-order valence-corrected chi connectivity index (χ4v) is 4.36. The van der Waals surface area contributed by atoms with Crippen molar-refractivity contribution in [2.24, 2.45) is 11.7 Å². The summed E-state index contributed by atoms with van der Waals surface area (Å²) in [5.41, 5.74) is 7.13. The molecule has 0 saturated heterocycles. The van der Waals surface area contributed by atoms with Gasteiger partial charge in [-0.2, -0.15) is 0 Å². The SMILES string of the molecule is Cc1cccc(C(C(=O)NCc2ccccc2)N(C(=O)C(CC(N)=O)NC(=O)OC(C)(C)C)C2CC2C)c1. The van der Waals surface area contributed by atoms with Gasteiger partial charge in [0.15, 0.2) is 0 Å². The maximum absolute atomic E-state index is 14.1. The van der Waals surface area contributed by atoms with Crippen molar-refractivity contribution in [3.63, 3.8) is 0 Å². The molecular weight excluding hydrogens is 484 g/mol. The average molecular weight is 523 g/mol. The number of benzene rings is 2. The predicted molar refractivity (Wildman–Crippen MR) is 144 cm³/mol. The van der Waals surface area contributed by atoms with E-state index in [0.29, 0.717) is 12.0 Å². The van der Waals surface area contributed by atoms with Crippen LogP contribution in [0.4, 0.5) is 4.79 Å². The van der Waals surface area contributed by atoms with Crippen LogP contribution in [0.5, 0.6) is 0 Å². The van der Waals surface area contributed by atoms with Gasteiger partial charge in [-0.1, -0.05) is 67.1 Å². The molecule has 9 nitrogen and oxygen atoms in total. The Morgan fingerprint density at radius 3 is 2.29 bits per heavy atom. The zero-order chi connectivity index (χ0) is 28.0. The Hall–Kier alpha value is -3.88. The van der Waals surface area contributed by atoms with Crippen molar-refractivity contribution in [1.82, 2.24) is 15.5 Å². The molecule has 1 fully saturated rings. The van der Waals surface area contributed by atoms with E-state index >= 15 is 0 Å². The molecule has 0 spiro atoms. The number of hydrogen-bond acceptors (Lipinski definition) is 5. The van der Waals surface area contributed by atoms with Gasteiger partial charge in [-0.15, -0.1) is 0 Å². The number of nitrogens with two attached hydrogens (primary N) is 1. The number of carbonyl (C=O) groups excluding carboxylic acids is 4. The van der Waals surface area contributed by atoms with Crippen LogP contribution in [-0.4, -0.2) is 46.4 Å². The summed E-state index contributed by atoms with van der Waals surface area (Å²) in [7, 11) is 0. The molecule has 9 heteroatoms. The number of primary amides is 1. The summed E-state index contributed by atoms with van der Waals surface area (Å²) in [5.74, 6) is -1.54. The van der Waals surface area contributed by atoms with Gasteiger partial charge in [-0.25, -0.2) is 4.79 Å². The lowest BCUT2D eigenvalue weighted by Gasteiger charge is -2.35. The molecule has 1 aliphatic carbocycles. The van der Waals surface area contributed by atoms with Crippen LogP contribution in [-0.2, 0) is 25.7 Å². The van der Waals surface area contributed by atoms with Gasteiger partial charge < -0.3 is 26.0 Å². The Bertz CT molecular complexity index is 1160. The molecule has 0 aliphatic heterocycles. The number of rotatable bonds is 10. The second-order valence-electron chi connectivity index (χ2n) is 10.9. The van der Waals surface area contributed by atoms with Crippen molar-refractivity contribution in [3.8, 4) is 0 Å². The molecule has 2 aromatic carbocycles. The number of carbonyl (C=O) groups is 4. The van der Waals surface area contributed by atoms with Crippen molar-refractivity contribution in [3.05, 3.63) is 71.3 Å². The Morgan fingerprint density at radius 1 is 1.08 bits per heavy atom. The Morgan fingerprint density at radius 2 is 1.74 bits per heavy atom. The summed E-state index contributed by atoms with van der Waals surface area (Å²) in [4.78, 5) is 53.8. The minimum absolute atomic E-state index is 0.143. The third kappa shape index (κ3) is 8.06.